The van der Waals surface area contributed by atoms with Gasteiger partial charge in [-0.2, -0.15) is 13.2 Å². The average Bonchev–Trinajstić information content (AvgIpc) is 3.40. The lowest BCUT2D eigenvalue weighted by Crippen LogP contribution is -2.35. The topological polar surface area (TPSA) is 38.3 Å². The number of nitrogens with one attached hydrogen (secondary N) is 1. The van der Waals surface area contributed by atoms with Crippen LogP contribution in [0.3, 0.4) is 0 Å². The van der Waals surface area contributed by atoms with E-state index in [4.69, 9.17) is 4.74 Å². The summed E-state index contributed by atoms with van der Waals surface area (Å²) in [5.41, 5.74) is 0.369. The highest BCUT2D eigenvalue weighted by atomic mass is 19.4. The maximum Gasteiger partial charge on any atom is 0.416 e. The van der Waals surface area contributed by atoms with Crippen molar-refractivity contribution >= 4 is 5.91 Å². The molecule has 132 valence electrons. The number of carbonyl (C=O) groups is 1. The van der Waals surface area contributed by atoms with Gasteiger partial charge in [0.2, 0.25) is 0 Å². The van der Waals surface area contributed by atoms with Gasteiger partial charge in [0, 0.05) is 12.0 Å². The van der Waals surface area contributed by atoms with Crippen molar-refractivity contribution in [3.05, 3.63) is 65.7 Å². The molecular formula is C19H18F3NO2. The van der Waals surface area contributed by atoms with Crippen LogP contribution in [0.4, 0.5) is 13.2 Å². The van der Waals surface area contributed by atoms with E-state index in [9.17, 15) is 18.0 Å². The van der Waals surface area contributed by atoms with Crippen molar-refractivity contribution in [2.24, 2.45) is 0 Å². The summed E-state index contributed by atoms with van der Waals surface area (Å²) in [5, 5.41) is 2.81. The number of carbonyl (C=O) groups excluding carboxylic acids is 1. The van der Waals surface area contributed by atoms with E-state index in [2.05, 4.69) is 5.32 Å². The maximum absolute atomic E-state index is 12.7. The molecule has 3 rings (SSSR count). The average molecular weight is 349 g/mol. The molecule has 2 aromatic rings. The van der Waals surface area contributed by atoms with Gasteiger partial charge >= 0.3 is 6.18 Å². The zero-order chi connectivity index (χ0) is 17.9. The SMILES string of the molecule is O=C(COc1cccc(C(F)(F)F)c1)NCC1(c2ccccc2)CC1. The summed E-state index contributed by atoms with van der Waals surface area (Å²) in [5.74, 6) is -0.325. The van der Waals surface area contributed by atoms with Gasteiger partial charge in [-0.25, -0.2) is 0 Å². The van der Waals surface area contributed by atoms with Crippen molar-refractivity contribution in [2.45, 2.75) is 24.4 Å². The van der Waals surface area contributed by atoms with E-state index in [0.717, 1.165) is 25.0 Å². The minimum Gasteiger partial charge on any atom is -0.484 e. The maximum atomic E-state index is 12.7. The lowest BCUT2D eigenvalue weighted by Gasteiger charge is -2.17. The number of hydrogen-bond acceptors (Lipinski definition) is 2. The molecule has 1 aliphatic carbocycles. The van der Waals surface area contributed by atoms with Crippen LogP contribution in [0.2, 0.25) is 0 Å². The summed E-state index contributed by atoms with van der Waals surface area (Å²) < 4.78 is 43.1. The zero-order valence-electron chi connectivity index (χ0n) is 13.5. The van der Waals surface area contributed by atoms with Gasteiger partial charge in [-0.05, 0) is 36.6 Å². The predicted molar refractivity (Wildman–Crippen MR) is 87.3 cm³/mol. The quantitative estimate of drug-likeness (QED) is 0.858. The number of benzene rings is 2. The highest BCUT2D eigenvalue weighted by Crippen LogP contribution is 2.47. The lowest BCUT2D eigenvalue weighted by atomic mass is 9.96. The molecule has 1 amide bonds. The first kappa shape index (κ1) is 17.3. The monoisotopic (exact) mass is 349 g/mol. The highest BCUT2D eigenvalue weighted by molar-refractivity contribution is 5.77. The molecule has 0 heterocycles. The molecule has 0 bridgehead atoms. The predicted octanol–water partition coefficient (Wildman–Crippen LogP) is 3.93. The van der Waals surface area contributed by atoms with Gasteiger partial charge in [-0.15, -0.1) is 0 Å². The number of halogens is 3. The fraction of sp³-hybridized carbons (Fsp3) is 0.316. The van der Waals surface area contributed by atoms with Gasteiger partial charge in [0.05, 0.1) is 5.56 Å². The summed E-state index contributed by atoms with van der Waals surface area (Å²) in [6.07, 6.45) is -2.42. The highest BCUT2D eigenvalue weighted by Gasteiger charge is 2.44. The summed E-state index contributed by atoms with van der Waals surface area (Å²) >= 11 is 0. The van der Waals surface area contributed by atoms with Crippen LogP contribution in [-0.2, 0) is 16.4 Å². The third-order valence-corrected chi connectivity index (χ3v) is 4.39. The molecular weight excluding hydrogens is 331 g/mol. The Morgan fingerprint density at radius 1 is 1.08 bits per heavy atom. The molecule has 0 atom stereocenters. The first-order valence-corrected chi connectivity index (χ1v) is 8.01. The van der Waals surface area contributed by atoms with Crippen LogP contribution in [-0.4, -0.2) is 19.1 Å². The molecule has 2 aromatic carbocycles. The Hall–Kier alpha value is -2.50. The van der Waals surface area contributed by atoms with Crippen LogP contribution >= 0.6 is 0 Å². The van der Waals surface area contributed by atoms with E-state index < -0.39 is 11.7 Å². The fourth-order valence-corrected chi connectivity index (χ4v) is 2.74. The number of rotatable bonds is 6. The minimum absolute atomic E-state index is 0.0207. The van der Waals surface area contributed by atoms with Crippen molar-refractivity contribution in [2.75, 3.05) is 13.2 Å². The van der Waals surface area contributed by atoms with E-state index in [1.807, 2.05) is 30.3 Å². The van der Waals surface area contributed by atoms with Crippen molar-refractivity contribution in [3.63, 3.8) is 0 Å². The normalized spacial score (nSPS) is 15.5. The van der Waals surface area contributed by atoms with Crippen LogP contribution in [0.5, 0.6) is 5.75 Å². The lowest BCUT2D eigenvalue weighted by molar-refractivity contribution is -0.137. The van der Waals surface area contributed by atoms with Crippen molar-refractivity contribution in [1.82, 2.24) is 5.32 Å². The summed E-state index contributed by atoms with van der Waals surface area (Å²) in [6, 6.07) is 14.5. The van der Waals surface area contributed by atoms with E-state index in [1.165, 1.54) is 17.7 Å². The Balaban J connectivity index is 1.51. The van der Waals surface area contributed by atoms with Crippen LogP contribution in [0.25, 0.3) is 0 Å². The molecule has 3 nitrogen and oxygen atoms in total. The molecule has 1 saturated carbocycles. The Kier molecular flexibility index (Phi) is 4.70. The third-order valence-electron chi connectivity index (χ3n) is 4.39. The smallest absolute Gasteiger partial charge is 0.416 e. The standard InChI is InChI=1S/C19H18F3NO2/c20-19(21,22)15-7-4-8-16(11-15)25-12-17(24)23-13-18(9-10-18)14-5-2-1-3-6-14/h1-8,11H,9-10,12-13H2,(H,23,24). The van der Waals surface area contributed by atoms with E-state index in [-0.39, 0.29) is 23.7 Å². The largest absolute Gasteiger partial charge is 0.484 e. The van der Waals surface area contributed by atoms with Crippen LogP contribution in [0.1, 0.15) is 24.0 Å². The van der Waals surface area contributed by atoms with Gasteiger partial charge in [0.1, 0.15) is 5.75 Å². The number of ether oxygens (including phenoxy) is 1. The number of hydrogen-bond donors (Lipinski definition) is 1. The van der Waals surface area contributed by atoms with Gasteiger partial charge in [0.15, 0.2) is 6.61 Å². The van der Waals surface area contributed by atoms with Crippen LogP contribution in [0, 0.1) is 0 Å². The summed E-state index contributed by atoms with van der Waals surface area (Å²) in [7, 11) is 0. The number of alkyl halides is 3. The second-order valence-electron chi connectivity index (χ2n) is 6.24. The first-order chi connectivity index (χ1) is 11.9. The van der Waals surface area contributed by atoms with Crippen molar-refractivity contribution < 1.29 is 22.7 Å². The molecule has 1 fully saturated rings. The van der Waals surface area contributed by atoms with Gasteiger partial charge in [-0.1, -0.05) is 36.4 Å². The minimum atomic E-state index is -4.43. The Morgan fingerprint density at radius 2 is 1.80 bits per heavy atom. The summed E-state index contributed by atoms with van der Waals surface area (Å²) in [6.45, 7) is 0.188. The Morgan fingerprint density at radius 3 is 2.44 bits per heavy atom. The fourth-order valence-electron chi connectivity index (χ4n) is 2.74. The molecule has 1 aliphatic rings. The zero-order valence-corrected chi connectivity index (χ0v) is 13.5. The third kappa shape index (κ3) is 4.32. The molecule has 0 aliphatic heterocycles. The molecule has 0 spiro atoms. The van der Waals surface area contributed by atoms with E-state index in [0.29, 0.717) is 6.54 Å². The molecule has 0 radical (unpaired) electrons. The molecule has 0 aromatic heterocycles. The molecule has 25 heavy (non-hydrogen) atoms. The second-order valence-corrected chi connectivity index (χ2v) is 6.24. The molecule has 0 unspecified atom stereocenters. The van der Waals surface area contributed by atoms with Crippen molar-refractivity contribution in [1.29, 1.82) is 0 Å². The number of amides is 1. The van der Waals surface area contributed by atoms with Crippen LogP contribution < -0.4 is 10.1 Å². The molecule has 0 saturated heterocycles. The van der Waals surface area contributed by atoms with Gasteiger partial charge < -0.3 is 10.1 Å². The second kappa shape index (κ2) is 6.78. The van der Waals surface area contributed by atoms with Gasteiger partial charge in [-0.3, -0.25) is 4.79 Å². The Labute approximate surface area is 143 Å². The molecule has 1 N–H and O–H groups in total. The van der Waals surface area contributed by atoms with Crippen LogP contribution in [0.15, 0.2) is 54.6 Å². The molecule has 6 heteroatoms. The van der Waals surface area contributed by atoms with E-state index in [1.54, 1.807) is 0 Å². The van der Waals surface area contributed by atoms with E-state index >= 15 is 0 Å². The Bertz CT molecular complexity index is 740. The van der Waals surface area contributed by atoms with Gasteiger partial charge in [0.25, 0.3) is 5.91 Å². The van der Waals surface area contributed by atoms with Crippen molar-refractivity contribution in [3.8, 4) is 5.75 Å². The summed E-state index contributed by atoms with van der Waals surface area (Å²) in [4.78, 5) is 11.9. The first-order valence-electron chi connectivity index (χ1n) is 8.01.